The maximum absolute atomic E-state index is 12.3. The fraction of sp³-hybridized carbons (Fsp3) is 0.100. The summed E-state index contributed by atoms with van der Waals surface area (Å²) in [6.45, 7) is 0.177. The lowest BCUT2D eigenvalue weighted by Gasteiger charge is -2.10. The normalized spacial score (nSPS) is 10.3. The Kier molecular flexibility index (Phi) is 5.71. The van der Waals surface area contributed by atoms with Crippen LogP contribution in [0, 0.1) is 0 Å². The maximum Gasteiger partial charge on any atom is 0.426 e. The van der Waals surface area contributed by atoms with Gasteiger partial charge < -0.3 is 4.74 Å². The van der Waals surface area contributed by atoms with Gasteiger partial charge in [-0.1, -0.05) is 60.1 Å². The molecule has 0 aliphatic carbocycles. The highest BCUT2D eigenvalue weighted by Crippen LogP contribution is 2.18. The topological polar surface area (TPSA) is 67.4 Å². The van der Waals surface area contributed by atoms with E-state index in [2.05, 4.69) is 10.9 Å². The van der Waals surface area contributed by atoms with Gasteiger partial charge in [0.25, 0.3) is 5.91 Å². The van der Waals surface area contributed by atoms with Gasteiger partial charge in [-0.05, 0) is 34.5 Å². The molecule has 2 amide bonds. The zero-order chi connectivity index (χ0) is 18.4. The average molecular weight is 369 g/mol. The van der Waals surface area contributed by atoms with Crippen LogP contribution >= 0.6 is 11.6 Å². The van der Waals surface area contributed by atoms with Gasteiger partial charge in [0, 0.05) is 17.0 Å². The van der Waals surface area contributed by atoms with Crippen LogP contribution in [-0.2, 0) is 11.2 Å². The zero-order valence-electron chi connectivity index (χ0n) is 13.9. The minimum Gasteiger partial charge on any atom is -0.448 e. The molecule has 26 heavy (non-hydrogen) atoms. The molecule has 0 aromatic heterocycles. The lowest BCUT2D eigenvalue weighted by molar-refractivity contribution is 0.0912. The highest BCUT2D eigenvalue weighted by atomic mass is 35.5. The van der Waals surface area contributed by atoms with Crippen LogP contribution in [0.4, 0.5) is 4.79 Å². The molecule has 0 fully saturated rings. The number of nitrogens with one attached hydrogen (secondary N) is 2. The molecule has 5 nitrogen and oxygen atoms in total. The first-order chi connectivity index (χ1) is 12.6. The summed E-state index contributed by atoms with van der Waals surface area (Å²) in [7, 11) is 0. The first-order valence-electron chi connectivity index (χ1n) is 8.09. The second-order valence-electron chi connectivity index (χ2n) is 5.62. The van der Waals surface area contributed by atoms with Crippen LogP contribution in [0.5, 0.6) is 0 Å². The van der Waals surface area contributed by atoms with Gasteiger partial charge in [-0.15, -0.1) is 0 Å². The van der Waals surface area contributed by atoms with Crippen molar-refractivity contribution in [2.75, 3.05) is 6.61 Å². The van der Waals surface area contributed by atoms with E-state index in [0.29, 0.717) is 17.0 Å². The van der Waals surface area contributed by atoms with E-state index in [-0.39, 0.29) is 6.61 Å². The van der Waals surface area contributed by atoms with E-state index in [0.717, 1.165) is 16.3 Å². The largest absolute Gasteiger partial charge is 0.448 e. The van der Waals surface area contributed by atoms with Crippen LogP contribution in [0.3, 0.4) is 0 Å². The number of hydrogen-bond donors (Lipinski definition) is 2. The van der Waals surface area contributed by atoms with Crippen molar-refractivity contribution in [2.24, 2.45) is 0 Å². The predicted octanol–water partition coefficient (Wildman–Crippen LogP) is 4.11. The van der Waals surface area contributed by atoms with Crippen molar-refractivity contribution in [3.05, 3.63) is 82.9 Å². The molecule has 6 heteroatoms. The Bertz CT molecular complexity index is 938. The first-order valence-corrected chi connectivity index (χ1v) is 8.46. The molecule has 0 aliphatic rings. The van der Waals surface area contributed by atoms with Gasteiger partial charge in [-0.25, -0.2) is 10.2 Å². The summed E-state index contributed by atoms with van der Waals surface area (Å²) in [5, 5.41) is 2.39. The Morgan fingerprint density at radius 2 is 1.69 bits per heavy atom. The van der Waals surface area contributed by atoms with E-state index in [1.807, 2.05) is 48.5 Å². The monoisotopic (exact) mass is 368 g/mol. The summed E-state index contributed by atoms with van der Waals surface area (Å²) < 4.78 is 5.05. The fourth-order valence-corrected chi connectivity index (χ4v) is 2.80. The Labute approximate surface area is 155 Å². The summed E-state index contributed by atoms with van der Waals surface area (Å²) in [6, 6.07) is 20.3. The number of hydrazine groups is 1. The maximum atomic E-state index is 12.3. The molecular formula is C20H17ClN2O3. The van der Waals surface area contributed by atoms with E-state index >= 15 is 0 Å². The highest BCUT2D eigenvalue weighted by molar-refractivity contribution is 6.30. The average Bonchev–Trinajstić information content (AvgIpc) is 2.66. The van der Waals surface area contributed by atoms with Gasteiger partial charge >= 0.3 is 6.09 Å². The van der Waals surface area contributed by atoms with E-state index < -0.39 is 12.0 Å². The van der Waals surface area contributed by atoms with Crippen molar-refractivity contribution in [1.29, 1.82) is 0 Å². The summed E-state index contributed by atoms with van der Waals surface area (Å²) in [5.41, 5.74) is 6.06. The Morgan fingerprint density at radius 1 is 0.923 bits per heavy atom. The molecule has 0 bridgehead atoms. The minimum atomic E-state index is -0.722. The van der Waals surface area contributed by atoms with Crippen molar-refractivity contribution in [3.63, 3.8) is 0 Å². The summed E-state index contributed by atoms with van der Waals surface area (Å²) in [6.07, 6.45) is -0.189. The molecule has 0 radical (unpaired) electrons. The smallest absolute Gasteiger partial charge is 0.426 e. The van der Waals surface area contributed by atoms with Crippen LogP contribution in [0.1, 0.15) is 15.9 Å². The Hall–Kier alpha value is -3.05. The van der Waals surface area contributed by atoms with Crippen LogP contribution < -0.4 is 10.9 Å². The van der Waals surface area contributed by atoms with Crippen molar-refractivity contribution in [1.82, 2.24) is 10.9 Å². The van der Waals surface area contributed by atoms with Gasteiger partial charge in [-0.2, -0.15) is 0 Å². The molecule has 3 aromatic rings. The van der Waals surface area contributed by atoms with Crippen LogP contribution in [0.15, 0.2) is 66.7 Å². The zero-order valence-corrected chi connectivity index (χ0v) is 14.6. The number of carbonyl (C=O) groups excluding carboxylic acids is 2. The highest BCUT2D eigenvalue weighted by Gasteiger charge is 2.11. The summed E-state index contributed by atoms with van der Waals surface area (Å²) in [4.78, 5) is 24.0. The van der Waals surface area contributed by atoms with E-state index in [1.165, 1.54) is 0 Å². The van der Waals surface area contributed by atoms with Gasteiger partial charge in [0.15, 0.2) is 0 Å². The van der Waals surface area contributed by atoms with E-state index in [4.69, 9.17) is 16.3 Å². The fourth-order valence-electron chi connectivity index (χ4n) is 2.59. The number of amides is 2. The Morgan fingerprint density at radius 3 is 2.54 bits per heavy atom. The molecule has 3 aromatic carbocycles. The first kappa shape index (κ1) is 17.8. The number of fused-ring (bicyclic) bond motifs is 1. The predicted molar refractivity (Wildman–Crippen MR) is 101 cm³/mol. The quantitative estimate of drug-likeness (QED) is 0.681. The number of carbonyl (C=O) groups is 2. The lowest BCUT2D eigenvalue weighted by Crippen LogP contribution is -2.42. The molecule has 0 aliphatic heterocycles. The molecule has 0 saturated carbocycles. The lowest BCUT2D eigenvalue weighted by atomic mass is 10.0. The van der Waals surface area contributed by atoms with Gasteiger partial charge in [0.2, 0.25) is 0 Å². The number of rotatable bonds is 4. The standard InChI is InChI=1S/C20H17ClN2O3/c21-16-8-3-5-14(13-16)11-12-26-20(25)23-22-19(24)18-10-4-7-15-6-1-2-9-17(15)18/h1-10,13H,11-12H2,(H,22,24)(H,23,25). The molecule has 0 spiro atoms. The van der Waals surface area contributed by atoms with Gasteiger partial charge in [-0.3, -0.25) is 10.2 Å². The molecule has 0 heterocycles. The van der Waals surface area contributed by atoms with Crippen molar-refractivity contribution in [2.45, 2.75) is 6.42 Å². The number of hydrogen-bond acceptors (Lipinski definition) is 3. The third kappa shape index (κ3) is 4.52. The number of halogens is 1. The van der Waals surface area contributed by atoms with Crippen molar-refractivity contribution < 1.29 is 14.3 Å². The van der Waals surface area contributed by atoms with Crippen molar-refractivity contribution >= 4 is 34.4 Å². The molecular weight excluding hydrogens is 352 g/mol. The SMILES string of the molecule is O=C(NNC(=O)c1cccc2ccccc12)OCCc1cccc(Cl)c1. The van der Waals surface area contributed by atoms with E-state index in [9.17, 15) is 9.59 Å². The second kappa shape index (κ2) is 8.36. The van der Waals surface area contributed by atoms with Crippen LogP contribution in [0.2, 0.25) is 5.02 Å². The third-order valence-corrected chi connectivity index (χ3v) is 4.06. The van der Waals surface area contributed by atoms with Crippen LogP contribution in [-0.4, -0.2) is 18.6 Å². The molecule has 0 saturated heterocycles. The minimum absolute atomic E-state index is 0.177. The molecule has 0 unspecified atom stereocenters. The third-order valence-electron chi connectivity index (χ3n) is 3.83. The molecule has 132 valence electrons. The van der Waals surface area contributed by atoms with Crippen molar-refractivity contribution in [3.8, 4) is 0 Å². The number of benzene rings is 3. The second-order valence-corrected chi connectivity index (χ2v) is 6.06. The Balaban J connectivity index is 1.50. The number of ether oxygens (including phenoxy) is 1. The molecule has 3 rings (SSSR count). The molecule has 2 N–H and O–H groups in total. The summed E-state index contributed by atoms with van der Waals surface area (Å²) in [5.74, 6) is -0.409. The van der Waals surface area contributed by atoms with Crippen LogP contribution in [0.25, 0.3) is 10.8 Å². The molecule has 0 atom stereocenters. The van der Waals surface area contributed by atoms with Gasteiger partial charge in [0.1, 0.15) is 0 Å². The summed E-state index contributed by atoms with van der Waals surface area (Å²) >= 11 is 5.90. The van der Waals surface area contributed by atoms with E-state index in [1.54, 1.807) is 18.2 Å². The van der Waals surface area contributed by atoms with Gasteiger partial charge in [0.05, 0.1) is 6.61 Å².